The Balaban J connectivity index is 0.00000240. The molecule has 0 saturated carbocycles. The Bertz CT molecular complexity index is 854. The third kappa shape index (κ3) is 5.31. The summed E-state index contributed by atoms with van der Waals surface area (Å²) < 4.78 is 7.08. The summed E-state index contributed by atoms with van der Waals surface area (Å²) in [5.74, 6) is 0.0460. The summed E-state index contributed by atoms with van der Waals surface area (Å²) in [5, 5.41) is 3.65. The molecular weight excluding hydrogens is 550 g/mol. The topological polar surface area (TPSA) is 38.3 Å². The minimum Gasteiger partial charge on any atom is -0.473 e. The van der Waals surface area contributed by atoms with Crippen LogP contribution in [-0.4, -0.2) is 18.1 Å². The number of piperidine rings is 1. The first-order valence-electron chi connectivity index (χ1n) is 10.2. The normalized spacial score (nSPS) is 25.3. The van der Waals surface area contributed by atoms with E-state index in [1.165, 1.54) is 14.7 Å². The van der Waals surface area contributed by atoms with Gasteiger partial charge in [0.05, 0.1) is 12.5 Å². The summed E-state index contributed by atoms with van der Waals surface area (Å²) in [6.45, 7) is 4.52. The Morgan fingerprint density at radius 3 is 2.79 bits per heavy atom. The summed E-state index contributed by atoms with van der Waals surface area (Å²) in [4.78, 5) is 13.1. The van der Waals surface area contributed by atoms with Crippen LogP contribution in [0.25, 0.3) is 0 Å². The maximum absolute atomic E-state index is 13.1. The third-order valence-electron chi connectivity index (χ3n) is 6.25. The molecule has 2 unspecified atom stereocenters. The summed E-state index contributed by atoms with van der Waals surface area (Å²) in [6, 6.07) is 16.6. The van der Waals surface area contributed by atoms with Gasteiger partial charge in [0.25, 0.3) is 0 Å². The molecule has 29 heavy (non-hydrogen) atoms. The molecule has 2 bridgehead atoms. The first-order chi connectivity index (χ1) is 13.5. The number of halogens is 1. The molecule has 4 atom stereocenters. The number of fused-ring (bicyclic) bond motifs is 2. The zero-order valence-corrected chi connectivity index (χ0v) is 22.1. The molecule has 2 aliphatic rings. The Morgan fingerprint density at radius 2 is 2.10 bits per heavy atom. The first-order valence-corrected chi connectivity index (χ1v) is 11.3. The zero-order chi connectivity index (χ0) is 19.7. The van der Waals surface area contributed by atoms with E-state index >= 15 is 0 Å². The number of aryl methyl sites for hydroxylation is 2. The molecule has 1 N–H and O–H groups in total. The van der Waals surface area contributed by atoms with Gasteiger partial charge in [0.1, 0.15) is 0 Å². The van der Waals surface area contributed by atoms with E-state index in [4.69, 9.17) is 4.74 Å². The van der Waals surface area contributed by atoms with E-state index in [-0.39, 0.29) is 56.6 Å². The Kier molecular flexibility index (Phi) is 8.33. The molecule has 2 saturated heterocycles. The van der Waals surface area contributed by atoms with Crippen molar-refractivity contribution in [1.29, 1.82) is 0 Å². The van der Waals surface area contributed by atoms with Crippen LogP contribution < -0.4 is 5.32 Å². The molecule has 0 spiro atoms. The van der Waals surface area contributed by atoms with E-state index in [1.54, 1.807) is 0 Å². The maximum Gasteiger partial charge on any atom is 0.310 e. The largest absolute Gasteiger partial charge is 0.473 e. The van der Waals surface area contributed by atoms with Crippen molar-refractivity contribution in [2.75, 3.05) is 0 Å². The van der Waals surface area contributed by atoms with Gasteiger partial charge in [0.15, 0.2) is 0 Å². The van der Waals surface area contributed by atoms with Gasteiger partial charge in [-0.25, -0.2) is 0 Å². The van der Waals surface area contributed by atoms with Crippen LogP contribution in [0.3, 0.4) is 0 Å². The molecule has 2 aromatic carbocycles. The van der Waals surface area contributed by atoms with Crippen LogP contribution in [0, 0.1) is 22.5 Å². The average Bonchev–Trinajstić information content (AvgIpc) is 3.08. The zero-order valence-electron chi connectivity index (χ0n) is 17.1. The van der Waals surface area contributed by atoms with Gasteiger partial charge in [-0.15, -0.1) is 5.56 Å². The van der Waals surface area contributed by atoms with E-state index in [0.29, 0.717) is 12.6 Å². The van der Waals surface area contributed by atoms with Crippen LogP contribution in [0.1, 0.15) is 54.4 Å². The van der Waals surface area contributed by atoms with Crippen molar-refractivity contribution in [1.82, 2.24) is 5.32 Å². The number of hydrogen-bond acceptors (Lipinski definition) is 3. The SMILES string of the molecule is CCc1ccc([C@H]2C[C@H]3CCC(N3)C2C(=O)OCc2c[c-]c(C)cc2)cc1I.[Y]. The number of carbonyl (C=O) groups excluding carboxylic acids is 1. The second kappa shape index (κ2) is 10.3. The van der Waals surface area contributed by atoms with Gasteiger partial charge in [0, 0.05) is 54.3 Å². The van der Waals surface area contributed by atoms with Crippen LogP contribution in [0.5, 0.6) is 0 Å². The van der Waals surface area contributed by atoms with E-state index in [0.717, 1.165) is 36.8 Å². The second-order valence-electron chi connectivity index (χ2n) is 8.11. The van der Waals surface area contributed by atoms with E-state index in [1.807, 2.05) is 25.1 Å². The van der Waals surface area contributed by atoms with Crippen LogP contribution in [0.15, 0.2) is 36.4 Å². The quantitative estimate of drug-likeness (QED) is 0.312. The van der Waals surface area contributed by atoms with Crippen molar-refractivity contribution in [2.24, 2.45) is 5.92 Å². The van der Waals surface area contributed by atoms with Crippen LogP contribution >= 0.6 is 22.6 Å². The predicted octanol–water partition coefficient (Wildman–Crippen LogP) is 4.93. The number of nitrogens with one attached hydrogen (secondary N) is 1. The molecule has 2 fully saturated rings. The molecule has 151 valence electrons. The van der Waals surface area contributed by atoms with Crippen molar-refractivity contribution in [3.05, 3.63) is 68.3 Å². The van der Waals surface area contributed by atoms with Crippen molar-refractivity contribution >= 4 is 28.6 Å². The summed E-state index contributed by atoms with van der Waals surface area (Å²) >= 11 is 2.42. The fourth-order valence-corrected chi connectivity index (χ4v) is 5.60. The molecule has 2 aromatic rings. The van der Waals surface area contributed by atoms with E-state index < -0.39 is 0 Å². The average molecular weight is 577 g/mol. The fraction of sp³-hybridized carbons (Fsp3) is 0.458. The molecule has 1 radical (unpaired) electrons. The number of esters is 1. The standard InChI is InChI=1S/C24H27INO2.Y/c1-3-17-8-9-18(12-21(17)25)20-13-19-10-11-22(26-19)23(20)24(27)28-14-16-6-4-15(2)5-7-16;/h4,6-9,12,19-20,22-23,26H,3,10-11,13-14H2,1-2H3;/q-1;/t19-,20-,22?,23?;/m1./s1. The van der Waals surface area contributed by atoms with E-state index in [9.17, 15) is 4.79 Å². The van der Waals surface area contributed by atoms with Crippen LogP contribution in [0.4, 0.5) is 0 Å². The molecule has 2 aliphatic heterocycles. The molecule has 3 nitrogen and oxygen atoms in total. The van der Waals surface area contributed by atoms with Gasteiger partial charge in [-0.1, -0.05) is 26.0 Å². The second-order valence-corrected chi connectivity index (χ2v) is 9.27. The minimum atomic E-state index is -0.114. The van der Waals surface area contributed by atoms with Crippen molar-refractivity contribution in [3.63, 3.8) is 0 Å². The summed E-state index contributed by atoms with van der Waals surface area (Å²) in [6.07, 6.45) is 4.26. The number of rotatable bonds is 5. The van der Waals surface area contributed by atoms with Crippen LogP contribution in [0.2, 0.25) is 0 Å². The monoisotopic (exact) mass is 577 g/mol. The van der Waals surface area contributed by atoms with Crippen molar-refractivity contribution in [2.45, 2.75) is 64.1 Å². The molecule has 0 aromatic heterocycles. The van der Waals surface area contributed by atoms with Gasteiger partial charge in [0.2, 0.25) is 0 Å². The predicted molar refractivity (Wildman–Crippen MR) is 119 cm³/mol. The smallest absolute Gasteiger partial charge is 0.310 e. The molecule has 0 aliphatic carbocycles. The van der Waals surface area contributed by atoms with Gasteiger partial charge in [-0.2, -0.15) is 29.8 Å². The number of benzene rings is 2. The molecule has 5 heteroatoms. The van der Waals surface area contributed by atoms with Crippen molar-refractivity contribution < 1.29 is 42.2 Å². The first kappa shape index (κ1) is 23.4. The van der Waals surface area contributed by atoms with Gasteiger partial charge in [-0.3, -0.25) is 4.79 Å². The van der Waals surface area contributed by atoms with Crippen LogP contribution in [-0.2, 0) is 55.3 Å². The molecule has 2 heterocycles. The Labute approximate surface area is 212 Å². The number of carbonyl (C=O) groups is 1. The summed E-state index contributed by atoms with van der Waals surface area (Å²) in [7, 11) is 0. The van der Waals surface area contributed by atoms with Gasteiger partial charge < -0.3 is 10.1 Å². The maximum atomic E-state index is 13.1. The molecular formula is C24H27INO2Y-. The molecule has 4 rings (SSSR count). The Hall–Kier alpha value is -0.296. The van der Waals surface area contributed by atoms with E-state index in [2.05, 4.69) is 59.1 Å². The number of hydrogen-bond donors (Lipinski definition) is 1. The Morgan fingerprint density at radius 1 is 1.28 bits per heavy atom. The van der Waals surface area contributed by atoms with Gasteiger partial charge >= 0.3 is 5.97 Å². The van der Waals surface area contributed by atoms with Gasteiger partial charge in [-0.05, 0) is 65.5 Å². The molecule has 0 amide bonds. The minimum absolute atomic E-state index is 0. The summed E-state index contributed by atoms with van der Waals surface area (Å²) in [5.41, 5.74) is 4.74. The number of ether oxygens (including phenoxy) is 1. The third-order valence-corrected chi connectivity index (χ3v) is 7.26. The van der Waals surface area contributed by atoms with Crippen molar-refractivity contribution in [3.8, 4) is 0 Å². The fourth-order valence-electron chi connectivity index (χ4n) is 4.68.